The standard InChI is InChI=1S/C21H22N4O4/c1-27-16-6-8-17(9-7-16)29-13-12-23-21-22-11-10-19(25-21)20(26)24-15-4-3-5-18(14-15)28-2/h3-11,14H,12-13H2,1-2H3,(H,24,26)(H,22,23,25). The van der Waals surface area contributed by atoms with E-state index in [1.165, 1.54) is 6.20 Å². The van der Waals surface area contributed by atoms with Crippen LogP contribution >= 0.6 is 0 Å². The fourth-order valence-corrected chi connectivity index (χ4v) is 2.47. The molecule has 0 aliphatic heterocycles. The smallest absolute Gasteiger partial charge is 0.274 e. The number of nitrogens with zero attached hydrogens (tertiary/aromatic N) is 2. The van der Waals surface area contributed by atoms with E-state index in [0.29, 0.717) is 30.5 Å². The monoisotopic (exact) mass is 394 g/mol. The molecule has 1 heterocycles. The average molecular weight is 394 g/mol. The van der Waals surface area contributed by atoms with Gasteiger partial charge in [0.2, 0.25) is 5.95 Å². The maximum atomic E-state index is 12.4. The summed E-state index contributed by atoms with van der Waals surface area (Å²) in [6, 6.07) is 16.0. The van der Waals surface area contributed by atoms with Gasteiger partial charge in [-0.25, -0.2) is 9.97 Å². The molecule has 3 aromatic rings. The van der Waals surface area contributed by atoms with Gasteiger partial charge in [-0.2, -0.15) is 0 Å². The molecule has 2 aromatic carbocycles. The molecule has 0 radical (unpaired) electrons. The van der Waals surface area contributed by atoms with Crippen molar-refractivity contribution in [3.05, 3.63) is 66.5 Å². The predicted octanol–water partition coefficient (Wildman–Crippen LogP) is 3.24. The lowest BCUT2D eigenvalue weighted by atomic mass is 10.3. The molecular formula is C21H22N4O4. The van der Waals surface area contributed by atoms with Crippen molar-refractivity contribution >= 4 is 17.5 Å². The highest BCUT2D eigenvalue weighted by molar-refractivity contribution is 6.03. The number of ether oxygens (including phenoxy) is 3. The Morgan fingerprint density at radius 1 is 0.966 bits per heavy atom. The van der Waals surface area contributed by atoms with E-state index in [1.807, 2.05) is 24.3 Å². The number of hydrogen-bond donors (Lipinski definition) is 2. The minimum Gasteiger partial charge on any atom is -0.497 e. The molecule has 0 fully saturated rings. The normalized spacial score (nSPS) is 10.1. The predicted molar refractivity (Wildman–Crippen MR) is 110 cm³/mol. The van der Waals surface area contributed by atoms with Crippen LogP contribution in [0.25, 0.3) is 0 Å². The van der Waals surface area contributed by atoms with Crippen LogP contribution in [0.15, 0.2) is 60.8 Å². The highest BCUT2D eigenvalue weighted by Gasteiger charge is 2.10. The van der Waals surface area contributed by atoms with Crippen LogP contribution in [0.5, 0.6) is 17.2 Å². The molecule has 0 spiro atoms. The Labute approximate surface area is 168 Å². The number of hydrogen-bond acceptors (Lipinski definition) is 7. The third kappa shape index (κ3) is 5.83. The summed E-state index contributed by atoms with van der Waals surface area (Å²) in [5, 5.41) is 5.83. The Bertz CT molecular complexity index is 947. The van der Waals surface area contributed by atoms with E-state index in [1.54, 1.807) is 44.6 Å². The summed E-state index contributed by atoms with van der Waals surface area (Å²) in [5.74, 6) is 2.18. The largest absolute Gasteiger partial charge is 0.497 e. The Kier molecular flexibility index (Phi) is 6.83. The maximum absolute atomic E-state index is 12.4. The number of methoxy groups -OCH3 is 2. The number of aromatic nitrogens is 2. The van der Waals surface area contributed by atoms with Crippen LogP contribution < -0.4 is 24.8 Å². The molecule has 0 aliphatic carbocycles. The molecule has 0 aliphatic rings. The van der Waals surface area contributed by atoms with Crippen LogP contribution in [0.2, 0.25) is 0 Å². The first kappa shape index (κ1) is 19.9. The summed E-state index contributed by atoms with van der Waals surface area (Å²) in [5.41, 5.74) is 0.872. The fraction of sp³-hybridized carbons (Fsp3) is 0.190. The number of nitrogens with one attached hydrogen (secondary N) is 2. The van der Waals surface area contributed by atoms with Crippen molar-refractivity contribution in [2.45, 2.75) is 0 Å². The van der Waals surface area contributed by atoms with E-state index in [2.05, 4.69) is 20.6 Å². The van der Waals surface area contributed by atoms with E-state index < -0.39 is 0 Å². The lowest BCUT2D eigenvalue weighted by Crippen LogP contribution is -2.17. The molecule has 8 heteroatoms. The minimum atomic E-state index is -0.335. The molecule has 1 amide bonds. The van der Waals surface area contributed by atoms with E-state index in [0.717, 1.165) is 11.5 Å². The molecule has 0 saturated carbocycles. The lowest BCUT2D eigenvalue weighted by Gasteiger charge is -2.09. The van der Waals surface area contributed by atoms with Gasteiger partial charge in [-0.3, -0.25) is 4.79 Å². The first-order valence-electron chi connectivity index (χ1n) is 8.97. The second kappa shape index (κ2) is 9.93. The summed E-state index contributed by atoms with van der Waals surface area (Å²) in [7, 11) is 3.19. The molecule has 0 saturated heterocycles. The topological polar surface area (TPSA) is 94.6 Å². The minimum absolute atomic E-state index is 0.251. The zero-order valence-corrected chi connectivity index (χ0v) is 16.2. The van der Waals surface area contributed by atoms with E-state index >= 15 is 0 Å². The van der Waals surface area contributed by atoms with Gasteiger partial charge < -0.3 is 24.8 Å². The van der Waals surface area contributed by atoms with Crippen LogP contribution in [0.3, 0.4) is 0 Å². The van der Waals surface area contributed by atoms with Gasteiger partial charge in [-0.1, -0.05) is 6.07 Å². The van der Waals surface area contributed by atoms with E-state index in [-0.39, 0.29) is 11.6 Å². The van der Waals surface area contributed by atoms with Gasteiger partial charge in [-0.05, 0) is 42.5 Å². The zero-order valence-electron chi connectivity index (χ0n) is 16.2. The number of rotatable bonds is 9. The van der Waals surface area contributed by atoms with Crippen LogP contribution in [-0.2, 0) is 0 Å². The molecule has 0 bridgehead atoms. The van der Waals surface area contributed by atoms with E-state index in [4.69, 9.17) is 14.2 Å². The van der Waals surface area contributed by atoms with Crippen molar-refractivity contribution in [1.29, 1.82) is 0 Å². The summed E-state index contributed by atoms with van der Waals surface area (Å²) in [4.78, 5) is 20.8. The number of anilines is 2. The third-order valence-corrected chi connectivity index (χ3v) is 3.93. The van der Waals surface area contributed by atoms with Crippen molar-refractivity contribution in [3.63, 3.8) is 0 Å². The molecule has 29 heavy (non-hydrogen) atoms. The second-order valence-electron chi connectivity index (χ2n) is 5.90. The summed E-state index contributed by atoms with van der Waals surface area (Å²) in [6.45, 7) is 0.892. The number of carbonyl (C=O) groups is 1. The number of amides is 1. The van der Waals surface area contributed by atoms with Gasteiger partial charge in [0.25, 0.3) is 5.91 Å². The van der Waals surface area contributed by atoms with Gasteiger partial charge in [0.15, 0.2) is 0 Å². The van der Waals surface area contributed by atoms with Crippen molar-refractivity contribution in [2.75, 3.05) is 38.0 Å². The van der Waals surface area contributed by atoms with Gasteiger partial charge in [0.1, 0.15) is 29.5 Å². The Morgan fingerprint density at radius 3 is 2.48 bits per heavy atom. The first-order valence-corrected chi connectivity index (χ1v) is 8.97. The molecule has 1 aromatic heterocycles. The van der Waals surface area contributed by atoms with Crippen molar-refractivity contribution in [1.82, 2.24) is 9.97 Å². The molecular weight excluding hydrogens is 372 g/mol. The van der Waals surface area contributed by atoms with Crippen LogP contribution in [0.4, 0.5) is 11.6 Å². The van der Waals surface area contributed by atoms with Gasteiger partial charge in [0.05, 0.1) is 20.8 Å². The quantitative estimate of drug-likeness (QED) is 0.538. The molecule has 150 valence electrons. The summed E-state index contributed by atoms with van der Waals surface area (Å²) < 4.78 is 15.9. The Balaban J connectivity index is 1.51. The third-order valence-electron chi connectivity index (χ3n) is 3.93. The van der Waals surface area contributed by atoms with Crippen molar-refractivity contribution < 1.29 is 19.0 Å². The fourth-order valence-electron chi connectivity index (χ4n) is 2.47. The Morgan fingerprint density at radius 2 is 1.72 bits per heavy atom. The second-order valence-corrected chi connectivity index (χ2v) is 5.90. The zero-order chi connectivity index (χ0) is 20.5. The van der Waals surface area contributed by atoms with Gasteiger partial charge in [0, 0.05) is 18.0 Å². The van der Waals surface area contributed by atoms with Gasteiger partial charge in [-0.15, -0.1) is 0 Å². The summed E-state index contributed by atoms with van der Waals surface area (Å²) in [6.07, 6.45) is 1.53. The molecule has 8 nitrogen and oxygen atoms in total. The highest BCUT2D eigenvalue weighted by Crippen LogP contribution is 2.18. The van der Waals surface area contributed by atoms with E-state index in [9.17, 15) is 4.79 Å². The van der Waals surface area contributed by atoms with Crippen LogP contribution in [0.1, 0.15) is 10.5 Å². The summed E-state index contributed by atoms with van der Waals surface area (Å²) >= 11 is 0. The average Bonchev–Trinajstić information content (AvgIpc) is 2.77. The molecule has 0 atom stereocenters. The van der Waals surface area contributed by atoms with Crippen molar-refractivity contribution in [3.8, 4) is 17.2 Å². The molecule has 3 rings (SSSR count). The highest BCUT2D eigenvalue weighted by atomic mass is 16.5. The molecule has 2 N–H and O–H groups in total. The number of benzene rings is 2. The van der Waals surface area contributed by atoms with Crippen LogP contribution in [0, 0.1) is 0 Å². The maximum Gasteiger partial charge on any atom is 0.274 e. The van der Waals surface area contributed by atoms with Crippen LogP contribution in [-0.4, -0.2) is 43.2 Å². The lowest BCUT2D eigenvalue weighted by molar-refractivity contribution is 0.102. The van der Waals surface area contributed by atoms with Gasteiger partial charge >= 0.3 is 0 Å². The first-order chi connectivity index (χ1) is 14.2. The van der Waals surface area contributed by atoms with Crippen molar-refractivity contribution in [2.24, 2.45) is 0 Å². The molecule has 0 unspecified atom stereocenters. The Hall–Kier alpha value is -3.81. The SMILES string of the molecule is COc1ccc(OCCNc2nccc(C(=O)Nc3cccc(OC)c3)n2)cc1. The number of carbonyl (C=O) groups excluding carboxylic acids is 1.